The molecule has 3 aromatic heterocycles. The lowest BCUT2D eigenvalue weighted by Crippen LogP contribution is -2.59. The van der Waals surface area contributed by atoms with Crippen molar-refractivity contribution in [3.8, 4) is 0 Å². The number of hydrogen-bond donors (Lipinski definition) is 30. The van der Waals surface area contributed by atoms with E-state index >= 15 is 9.59 Å². The molecule has 0 unspecified atom stereocenters. The average molecular weight is 2110 g/mol. The van der Waals surface area contributed by atoms with Crippen molar-refractivity contribution in [3.05, 3.63) is 103 Å². The minimum absolute atomic E-state index is 0.00628. The van der Waals surface area contributed by atoms with Crippen LogP contribution in [0.2, 0.25) is 0 Å². The van der Waals surface area contributed by atoms with Crippen LogP contribution in [0.4, 0.5) is 5.82 Å². The molecule has 2 aromatic carbocycles. The number of fused-ring (bicyclic) bond motifs is 1. The molecular weight excluding hydrogens is 1970 g/mol. The second-order valence-electron chi connectivity index (χ2n) is 34.9. The van der Waals surface area contributed by atoms with Gasteiger partial charge in [0.2, 0.25) is 88.6 Å². The molecule has 0 saturated heterocycles. The minimum atomic E-state index is -1.66. The first-order valence-corrected chi connectivity index (χ1v) is 51.3. The van der Waals surface area contributed by atoms with Crippen molar-refractivity contribution in [2.24, 2.45) is 46.1 Å². The molecule has 5 rings (SSSR count). The van der Waals surface area contributed by atoms with E-state index in [1.54, 1.807) is 74.5 Å². The molecule has 0 spiro atoms. The number of unbranched alkanes of at least 4 members (excludes halogenated alkanes) is 4. The second-order valence-corrected chi connectivity index (χ2v) is 37.5. The Balaban J connectivity index is 1.45. The van der Waals surface area contributed by atoms with Crippen LogP contribution < -0.4 is 136 Å². The average Bonchev–Trinajstić information content (AvgIpc) is 1.66. The fourth-order valence-corrected chi connectivity index (χ4v) is 17.2. The number of anilines is 1. The van der Waals surface area contributed by atoms with E-state index in [4.69, 9.17) is 56.7 Å². The van der Waals surface area contributed by atoms with Gasteiger partial charge in [-0.15, -0.1) is 0 Å². The lowest BCUT2D eigenvalue weighted by Gasteiger charge is -2.28. The number of nitrogens with zero attached hydrogens (tertiary/aromatic N) is 6. The van der Waals surface area contributed by atoms with Crippen molar-refractivity contribution in [2.45, 2.75) is 228 Å². The zero-order valence-electron chi connectivity index (χ0n) is 83.4. The molecule has 54 nitrogen and oxygen atoms in total. The molecule has 56 heteroatoms. The predicted octanol–water partition coefficient (Wildman–Crippen LogP) is -7.49. The Labute approximate surface area is 863 Å². The smallest absolute Gasteiger partial charge is 0.326 e. The molecule has 38 N–H and O–H groups in total. The first kappa shape index (κ1) is 124. The highest BCUT2D eigenvalue weighted by Gasteiger charge is 2.38. The predicted molar refractivity (Wildman–Crippen MR) is 550 cm³/mol. The van der Waals surface area contributed by atoms with Crippen LogP contribution in [0, 0.1) is 16.7 Å². The van der Waals surface area contributed by atoms with Crippen LogP contribution in [0.25, 0.3) is 11.2 Å². The lowest BCUT2D eigenvalue weighted by atomic mass is 9.98. The third-order valence-corrected chi connectivity index (χ3v) is 25.4. The summed E-state index contributed by atoms with van der Waals surface area (Å²) in [6, 6.07) is -0.653. The highest BCUT2D eigenvalue weighted by Crippen LogP contribution is 2.25. The zero-order valence-corrected chi connectivity index (χ0v) is 85.0. The summed E-state index contributed by atoms with van der Waals surface area (Å²) in [5.41, 5.74) is 47.9. The number of nitrogen functional groups attached to an aromatic ring is 1. The van der Waals surface area contributed by atoms with Crippen LogP contribution >= 0.6 is 21.6 Å². The van der Waals surface area contributed by atoms with Gasteiger partial charge in [0.15, 0.2) is 29.2 Å². The van der Waals surface area contributed by atoms with Crippen LogP contribution in [-0.4, -0.2) is 332 Å². The standard InChI is InChI=1S/C92H146N34O20S2/c1-4-54(2)75(88(142)108-46-73(131)115-62(29-19-36-105-91(99)100)81(135)122-67(40-57-23-9-6-10-24-57)84(138)120-64(89(143)144)28-14-18-34-96)124-87(141)70(123-85(139)68(113-55(3)127)41-58-42-104-51-109-58)50-148-147-49-69(116-71(129)44-103-43-59(128)47-125(38-35-97)74(132)48-126-53-112-76-77(98)110-52-111-78(76)126)86(140)117-60(25-11-15-31-93)79(133)107-45-72(130)114-61(26-12-16-32-94)80(134)121-66(39-56-21-7-5-8-22-56)83(137)118-63(27-13-17-33-95)82(136)119-65(90(145)146)30-20-37-106-92(101)102/h5-10,21-24,42,51-54,60-70,75,103H,4,11-20,25-41,43-50,93-97H2,1-3H3,(H,104,109)(H,107,133)(H,108,142)(H,113,127)(H,114,130)(H,115,131)(H,116,129)(H,117,140)(H,118,137)(H,119,136)(H,120,138)(H,121,134)(H,122,135)(H,123,139)(H,124,141)(H,143,144)(H,145,146)(H2,98,110,111)(H4,99,100,105)(H4,101,102,106)/t54-,60-,61-,62-,63-,64-,65-,66-,67-,68-,69-,70-,75-/m0/s1. The van der Waals surface area contributed by atoms with E-state index in [-0.39, 0.29) is 172 Å². The van der Waals surface area contributed by atoms with E-state index in [0.29, 0.717) is 55.3 Å². The van der Waals surface area contributed by atoms with Crippen molar-refractivity contribution >= 4 is 157 Å². The molecule has 0 aliphatic heterocycles. The molecular formula is C92H146N34O20S2. The van der Waals surface area contributed by atoms with Gasteiger partial charge < -0.3 is 161 Å². The Kier molecular flexibility index (Phi) is 57.8. The van der Waals surface area contributed by atoms with Crippen molar-refractivity contribution in [2.75, 3.05) is 102 Å². The van der Waals surface area contributed by atoms with Crippen molar-refractivity contribution in [1.29, 1.82) is 10.8 Å². The van der Waals surface area contributed by atoms with Crippen molar-refractivity contribution in [3.63, 3.8) is 0 Å². The molecule has 0 aliphatic rings. The number of benzene rings is 2. The third kappa shape index (κ3) is 47.4. The summed E-state index contributed by atoms with van der Waals surface area (Å²) in [6.45, 7) is 1.51. The summed E-state index contributed by atoms with van der Waals surface area (Å²) < 4.78 is 1.40. The molecule has 15 amide bonds. The molecule has 3 heterocycles. The Morgan fingerprint density at radius 2 is 0.845 bits per heavy atom. The van der Waals surface area contributed by atoms with Crippen LogP contribution in [0.5, 0.6) is 0 Å². The number of aromatic nitrogens is 6. The maximum absolute atomic E-state index is 15.1. The lowest BCUT2D eigenvalue weighted by molar-refractivity contribution is -0.143. The molecule has 0 radical (unpaired) electrons. The molecule has 0 fully saturated rings. The monoisotopic (exact) mass is 2110 g/mol. The van der Waals surface area contributed by atoms with Gasteiger partial charge in [0, 0.05) is 75.8 Å². The molecule has 148 heavy (non-hydrogen) atoms. The number of amides is 15. The van der Waals surface area contributed by atoms with E-state index in [9.17, 15) is 86.9 Å². The molecule has 5 aromatic rings. The first-order chi connectivity index (χ1) is 70.8. The molecule has 13 atom stereocenters. The largest absolute Gasteiger partial charge is 0.480 e. The number of ketones is 1. The SMILES string of the molecule is CC[C@H](C)[C@H](NC(=O)[C@H](CSSC[C@H](NC(=O)CNCC(=O)CN(CCN)C(=O)Cn1cnc2c(N)ncnc21)C(=O)N[C@@H](CCCCN)C(=O)NCC(=O)N[C@@H](CCCCN)C(=O)N[C@@H](Cc1ccccc1)C(=O)N[C@@H](CCCCN)C(=O)N[C@@H](CCCNC(=N)N)C(=O)O)NC(=O)[C@H](Cc1cnc[nH]1)NC(C)=O)C(=O)NCC(=O)N[C@@H](CCCNC(=N)N)C(=O)N[C@@H](Cc1ccccc1)C(=O)N[C@@H](CCCCN)C(=O)O. The number of guanidine groups is 2. The zero-order chi connectivity index (χ0) is 109. The molecule has 0 saturated carbocycles. The van der Waals surface area contributed by atoms with E-state index in [1.807, 2.05) is 0 Å². The van der Waals surface area contributed by atoms with E-state index in [1.165, 1.54) is 34.6 Å². The topological polar surface area (TPSA) is 884 Å². The normalized spacial score (nSPS) is 13.7. The fourth-order valence-electron chi connectivity index (χ4n) is 14.9. The summed E-state index contributed by atoms with van der Waals surface area (Å²) in [7, 11) is 1.68. The van der Waals surface area contributed by atoms with Crippen LogP contribution in [0.15, 0.2) is 85.8 Å². The number of carboxylic acids is 2. The maximum atomic E-state index is 15.1. The Bertz CT molecular complexity index is 5130. The van der Waals surface area contributed by atoms with Crippen LogP contribution in [-0.2, 0) is 112 Å². The molecule has 0 bridgehead atoms. The number of hydrogen-bond acceptors (Lipinski definition) is 33. The first-order valence-electron chi connectivity index (χ1n) is 48.8. The molecule has 0 aliphatic carbocycles. The number of Topliss-reactive ketones (excluding diaryl/α,β-unsaturated/α-hetero) is 1. The van der Waals surface area contributed by atoms with Gasteiger partial charge in [-0.3, -0.25) is 87.5 Å². The fraction of sp³-hybridized carbons (Fsp3) is 0.565. The maximum Gasteiger partial charge on any atom is 0.326 e. The summed E-state index contributed by atoms with van der Waals surface area (Å²) in [6.07, 6.45) is 7.40. The van der Waals surface area contributed by atoms with Gasteiger partial charge in [-0.05, 0) is 146 Å². The number of aliphatic carboxylic acids is 2. The van der Waals surface area contributed by atoms with E-state index < -0.39 is 235 Å². The Hall–Kier alpha value is -14.3. The van der Waals surface area contributed by atoms with E-state index in [0.717, 1.165) is 28.5 Å². The number of nitrogens with two attached hydrogens (primary N) is 8. The van der Waals surface area contributed by atoms with Crippen molar-refractivity contribution in [1.82, 2.24) is 125 Å². The molecule has 816 valence electrons. The summed E-state index contributed by atoms with van der Waals surface area (Å²) >= 11 is 0. The van der Waals surface area contributed by atoms with Gasteiger partial charge in [0.25, 0.3) is 0 Å². The summed E-state index contributed by atoms with van der Waals surface area (Å²) in [4.78, 5) is 273. The summed E-state index contributed by atoms with van der Waals surface area (Å²) in [5, 5.41) is 79.5. The van der Waals surface area contributed by atoms with Gasteiger partial charge in [-0.2, -0.15) is 0 Å². The quantitative estimate of drug-likeness (QED) is 0.00744. The van der Waals surface area contributed by atoms with Gasteiger partial charge >= 0.3 is 11.9 Å². The van der Waals surface area contributed by atoms with Gasteiger partial charge in [-0.1, -0.05) is 103 Å². The highest BCUT2D eigenvalue weighted by molar-refractivity contribution is 8.76. The highest BCUT2D eigenvalue weighted by atomic mass is 33.1. The number of carbonyl (C=O) groups is 18. The van der Waals surface area contributed by atoms with Gasteiger partial charge in [0.05, 0.1) is 45.4 Å². The van der Waals surface area contributed by atoms with Crippen LogP contribution in [0.3, 0.4) is 0 Å². The Morgan fingerprint density at radius 1 is 0.446 bits per heavy atom. The number of imidazole rings is 2. The number of aromatic amines is 1. The summed E-state index contributed by atoms with van der Waals surface area (Å²) in [5.74, 6) is -18.9. The second kappa shape index (κ2) is 68.9. The van der Waals surface area contributed by atoms with Crippen LogP contribution in [0.1, 0.15) is 147 Å². The Morgan fingerprint density at radius 3 is 1.30 bits per heavy atom. The number of nitrogens with one attached hydrogen (secondary N) is 20. The minimum Gasteiger partial charge on any atom is -0.480 e. The number of carboxylic acid groups (broad SMARTS) is 2. The van der Waals surface area contributed by atoms with E-state index in [2.05, 4.69) is 115 Å². The van der Waals surface area contributed by atoms with Crippen molar-refractivity contribution < 1.29 is 96.5 Å². The number of carbonyl (C=O) groups excluding carboxylic acids is 16. The third-order valence-electron chi connectivity index (χ3n) is 23.0. The van der Waals surface area contributed by atoms with Gasteiger partial charge in [0.1, 0.15) is 90.9 Å². The van der Waals surface area contributed by atoms with Gasteiger partial charge in [-0.25, -0.2) is 29.5 Å². The number of rotatable bonds is 75. The number of H-pyrrole nitrogens is 1.